The highest BCUT2D eigenvalue weighted by Gasteiger charge is 2.27. The van der Waals surface area contributed by atoms with Crippen LogP contribution in [-0.2, 0) is 4.74 Å². The number of morpholine rings is 1. The second kappa shape index (κ2) is 6.75. The van der Waals surface area contributed by atoms with E-state index in [4.69, 9.17) is 4.74 Å². The van der Waals surface area contributed by atoms with Crippen LogP contribution in [0.2, 0.25) is 0 Å². The van der Waals surface area contributed by atoms with Crippen LogP contribution in [0.5, 0.6) is 0 Å². The van der Waals surface area contributed by atoms with Crippen molar-refractivity contribution in [2.24, 2.45) is 0 Å². The van der Waals surface area contributed by atoms with Crippen molar-refractivity contribution >= 4 is 6.03 Å². The summed E-state index contributed by atoms with van der Waals surface area (Å²) in [4.78, 5) is 16.2. The van der Waals surface area contributed by atoms with Gasteiger partial charge in [0.2, 0.25) is 0 Å². The number of hydrogen-bond donors (Lipinski definition) is 0. The number of ether oxygens (including phenoxy) is 1. The van der Waals surface area contributed by atoms with Gasteiger partial charge in [0, 0.05) is 19.6 Å². The molecule has 0 aliphatic carbocycles. The average Bonchev–Trinajstić information content (AvgIpc) is 2.49. The lowest BCUT2D eigenvalue weighted by Gasteiger charge is -2.36. The molecule has 0 saturated carbocycles. The molecule has 0 spiro atoms. The van der Waals surface area contributed by atoms with Crippen LogP contribution >= 0.6 is 0 Å². The Bertz CT molecular complexity index is 440. The zero-order chi connectivity index (χ0) is 14.5. The van der Waals surface area contributed by atoms with Crippen LogP contribution in [0.1, 0.15) is 31.1 Å². The van der Waals surface area contributed by atoms with Crippen LogP contribution in [0, 0.1) is 6.92 Å². The minimum absolute atomic E-state index is 0.0103. The van der Waals surface area contributed by atoms with E-state index in [9.17, 15) is 4.79 Å². The van der Waals surface area contributed by atoms with Gasteiger partial charge in [0.25, 0.3) is 0 Å². The molecule has 1 aliphatic rings. The molecule has 2 amide bonds. The topological polar surface area (TPSA) is 32.8 Å². The highest BCUT2D eigenvalue weighted by molar-refractivity contribution is 5.74. The lowest BCUT2D eigenvalue weighted by atomic mass is 10.1. The number of amides is 2. The normalized spacial score (nSPS) is 18.9. The van der Waals surface area contributed by atoms with Gasteiger partial charge in [-0.15, -0.1) is 0 Å². The summed E-state index contributed by atoms with van der Waals surface area (Å²) in [6, 6.07) is 8.47. The van der Waals surface area contributed by atoms with Gasteiger partial charge in [-0.3, -0.25) is 0 Å². The van der Waals surface area contributed by atoms with Crippen molar-refractivity contribution in [1.29, 1.82) is 0 Å². The predicted octanol–water partition coefficient (Wildman–Crippen LogP) is 2.83. The zero-order valence-corrected chi connectivity index (χ0v) is 12.6. The van der Waals surface area contributed by atoms with E-state index in [-0.39, 0.29) is 12.1 Å². The summed E-state index contributed by atoms with van der Waals surface area (Å²) in [5, 5.41) is 0. The van der Waals surface area contributed by atoms with Crippen LogP contribution in [0.15, 0.2) is 24.3 Å². The molecule has 1 aliphatic heterocycles. The number of carbonyl (C=O) groups excluding carboxylic acids is 1. The Morgan fingerprint density at radius 3 is 2.55 bits per heavy atom. The molecule has 4 heteroatoms. The number of rotatable bonds is 3. The van der Waals surface area contributed by atoms with Gasteiger partial charge < -0.3 is 14.5 Å². The van der Waals surface area contributed by atoms with E-state index in [1.165, 1.54) is 5.56 Å². The van der Waals surface area contributed by atoms with Crippen LogP contribution < -0.4 is 0 Å². The summed E-state index contributed by atoms with van der Waals surface area (Å²) >= 11 is 0. The molecule has 0 N–H and O–H groups in total. The molecule has 1 fully saturated rings. The average molecular weight is 276 g/mol. The van der Waals surface area contributed by atoms with E-state index in [1.54, 1.807) is 0 Å². The number of nitrogens with zero attached hydrogens (tertiary/aromatic N) is 2. The summed E-state index contributed by atoms with van der Waals surface area (Å²) in [6.45, 7) is 9.52. The van der Waals surface area contributed by atoms with Gasteiger partial charge in [0.1, 0.15) is 6.10 Å². The second-order valence-electron chi connectivity index (χ2n) is 5.17. The van der Waals surface area contributed by atoms with E-state index in [1.807, 2.05) is 23.6 Å². The molecular formula is C16H24N2O2. The third kappa shape index (κ3) is 3.31. The monoisotopic (exact) mass is 276 g/mol. The molecule has 20 heavy (non-hydrogen) atoms. The molecule has 2 rings (SSSR count). The molecule has 0 radical (unpaired) electrons. The SMILES string of the molecule is CCN(CC)C(=O)N1CCOC(c2ccc(C)cc2)C1. The van der Waals surface area contributed by atoms with Crippen molar-refractivity contribution in [2.45, 2.75) is 26.9 Å². The van der Waals surface area contributed by atoms with Crippen molar-refractivity contribution in [3.8, 4) is 0 Å². The number of aryl methyl sites for hydroxylation is 1. The van der Waals surface area contributed by atoms with Crippen molar-refractivity contribution in [3.63, 3.8) is 0 Å². The maximum absolute atomic E-state index is 12.4. The molecule has 110 valence electrons. The Morgan fingerprint density at radius 1 is 1.30 bits per heavy atom. The zero-order valence-electron chi connectivity index (χ0n) is 12.6. The Labute approximate surface area is 121 Å². The third-order valence-corrected chi connectivity index (χ3v) is 3.82. The van der Waals surface area contributed by atoms with Gasteiger partial charge in [-0.2, -0.15) is 0 Å². The molecule has 0 aromatic heterocycles. The molecule has 1 aromatic carbocycles. The first-order valence-electron chi connectivity index (χ1n) is 7.37. The minimum Gasteiger partial charge on any atom is -0.370 e. The number of carbonyl (C=O) groups is 1. The van der Waals surface area contributed by atoms with Gasteiger partial charge in [-0.05, 0) is 26.3 Å². The molecular weight excluding hydrogens is 252 g/mol. The fourth-order valence-corrected chi connectivity index (χ4v) is 2.50. The number of benzene rings is 1. The van der Waals surface area contributed by atoms with Crippen LogP contribution in [-0.4, -0.2) is 48.6 Å². The van der Waals surface area contributed by atoms with E-state index in [0.29, 0.717) is 19.7 Å². The summed E-state index contributed by atoms with van der Waals surface area (Å²) in [5.41, 5.74) is 2.38. The van der Waals surface area contributed by atoms with E-state index in [0.717, 1.165) is 18.7 Å². The minimum atomic E-state index is -0.0103. The summed E-state index contributed by atoms with van der Waals surface area (Å²) in [6.07, 6.45) is -0.0103. The van der Waals surface area contributed by atoms with Crippen LogP contribution in [0.3, 0.4) is 0 Å². The van der Waals surface area contributed by atoms with Crippen LogP contribution in [0.4, 0.5) is 4.79 Å². The van der Waals surface area contributed by atoms with Gasteiger partial charge in [0.05, 0.1) is 13.2 Å². The van der Waals surface area contributed by atoms with Gasteiger partial charge >= 0.3 is 6.03 Å². The van der Waals surface area contributed by atoms with Gasteiger partial charge in [-0.1, -0.05) is 29.8 Å². The highest BCUT2D eigenvalue weighted by atomic mass is 16.5. The smallest absolute Gasteiger partial charge is 0.320 e. The molecule has 0 bridgehead atoms. The highest BCUT2D eigenvalue weighted by Crippen LogP contribution is 2.23. The van der Waals surface area contributed by atoms with Gasteiger partial charge in [-0.25, -0.2) is 4.79 Å². The number of urea groups is 1. The molecule has 1 aromatic rings. The van der Waals surface area contributed by atoms with Crippen molar-refractivity contribution < 1.29 is 9.53 Å². The first-order valence-corrected chi connectivity index (χ1v) is 7.37. The van der Waals surface area contributed by atoms with Crippen molar-refractivity contribution in [2.75, 3.05) is 32.8 Å². The fourth-order valence-electron chi connectivity index (χ4n) is 2.50. The summed E-state index contributed by atoms with van der Waals surface area (Å²) in [7, 11) is 0. The Balaban J connectivity index is 2.04. The first kappa shape index (κ1) is 14.9. The second-order valence-corrected chi connectivity index (χ2v) is 5.17. The Hall–Kier alpha value is -1.55. The maximum atomic E-state index is 12.4. The third-order valence-electron chi connectivity index (χ3n) is 3.82. The maximum Gasteiger partial charge on any atom is 0.320 e. The largest absolute Gasteiger partial charge is 0.370 e. The lowest BCUT2D eigenvalue weighted by molar-refractivity contribution is -0.0202. The molecule has 1 saturated heterocycles. The first-order chi connectivity index (χ1) is 9.65. The Kier molecular flexibility index (Phi) is 5.01. The lowest BCUT2D eigenvalue weighted by Crippen LogP contribution is -2.48. The molecule has 1 atom stereocenters. The number of hydrogen-bond acceptors (Lipinski definition) is 2. The predicted molar refractivity (Wildman–Crippen MR) is 79.8 cm³/mol. The van der Waals surface area contributed by atoms with E-state index >= 15 is 0 Å². The summed E-state index contributed by atoms with van der Waals surface area (Å²) < 4.78 is 5.82. The quantitative estimate of drug-likeness (QED) is 0.850. The van der Waals surface area contributed by atoms with Crippen molar-refractivity contribution in [3.05, 3.63) is 35.4 Å². The van der Waals surface area contributed by atoms with Crippen molar-refractivity contribution in [1.82, 2.24) is 9.80 Å². The fraction of sp³-hybridized carbons (Fsp3) is 0.562. The molecule has 1 unspecified atom stereocenters. The Morgan fingerprint density at radius 2 is 1.95 bits per heavy atom. The van der Waals surface area contributed by atoms with Crippen LogP contribution in [0.25, 0.3) is 0 Å². The standard InChI is InChI=1S/C16H24N2O2/c1-4-17(5-2)16(19)18-10-11-20-15(12-18)14-8-6-13(3)7-9-14/h6-9,15H,4-5,10-12H2,1-3H3. The van der Waals surface area contributed by atoms with E-state index in [2.05, 4.69) is 31.2 Å². The summed E-state index contributed by atoms with van der Waals surface area (Å²) in [5.74, 6) is 0. The van der Waals surface area contributed by atoms with Gasteiger partial charge in [0.15, 0.2) is 0 Å². The molecule has 1 heterocycles. The molecule has 4 nitrogen and oxygen atoms in total. The van der Waals surface area contributed by atoms with E-state index < -0.39 is 0 Å².